The standard InChI is InChI=1S/C16H19BClFO4/c1-15(2)16(3,4)23-17(22-15)9-13(19)10-6-7-11(12(18)8-10)14(20)21-5/h6-9H,1-5H3/b13-9-. The number of benzene rings is 1. The molecule has 0 atom stereocenters. The van der Waals surface area contributed by atoms with Gasteiger partial charge < -0.3 is 14.0 Å². The van der Waals surface area contributed by atoms with Crippen molar-refractivity contribution in [2.45, 2.75) is 38.9 Å². The Hall–Kier alpha value is -1.37. The zero-order chi connectivity index (χ0) is 17.4. The van der Waals surface area contributed by atoms with Crippen molar-refractivity contribution in [2.24, 2.45) is 0 Å². The number of hydrogen-bond donors (Lipinski definition) is 0. The lowest BCUT2D eigenvalue weighted by Crippen LogP contribution is -2.41. The Morgan fingerprint density at radius 3 is 2.30 bits per heavy atom. The quantitative estimate of drug-likeness (QED) is 0.614. The molecule has 23 heavy (non-hydrogen) atoms. The number of rotatable bonds is 3. The van der Waals surface area contributed by atoms with Crippen LogP contribution >= 0.6 is 11.6 Å². The van der Waals surface area contributed by atoms with E-state index in [0.717, 1.165) is 0 Å². The smallest absolute Gasteiger partial charge is 0.465 e. The summed E-state index contributed by atoms with van der Waals surface area (Å²) in [4.78, 5) is 11.5. The molecule has 0 aromatic heterocycles. The van der Waals surface area contributed by atoms with Gasteiger partial charge in [0.2, 0.25) is 0 Å². The van der Waals surface area contributed by atoms with Crippen LogP contribution in [0.1, 0.15) is 43.6 Å². The van der Waals surface area contributed by atoms with Gasteiger partial charge in [-0.3, -0.25) is 0 Å². The van der Waals surface area contributed by atoms with Crippen molar-refractivity contribution < 1.29 is 23.2 Å². The van der Waals surface area contributed by atoms with Crippen LogP contribution < -0.4 is 0 Å². The van der Waals surface area contributed by atoms with E-state index in [4.69, 9.17) is 20.9 Å². The number of hydrogen-bond acceptors (Lipinski definition) is 4. The van der Waals surface area contributed by atoms with Crippen LogP contribution in [0.2, 0.25) is 5.02 Å². The molecular formula is C16H19BClFO4. The fraction of sp³-hybridized carbons (Fsp3) is 0.438. The third-order valence-electron chi connectivity index (χ3n) is 4.20. The highest BCUT2D eigenvalue weighted by molar-refractivity contribution is 6.53. The third-order valence-corrected chi connectivity index (χ3v) is 4.52. The minimum Gasteiger partial charge on any atom is -0.465 e. The van der Waals surface area contributed by atoms with Crippen LogP contribution in [0.3, 0.4) is 0 Å². The Kier molecular flexibility index (Phi) is 4.90. The summed E-state index contributed by atoms with van der Waals surface area (Å²) in [6, 6.07) is 4.24. The first kappa shape index (κ1) is 18.0. The maximum atomic E-state index is 14.4. The van der Waals surface area contributed by atoms with Gasteiger partial charge in [-0.2, -0.15) is 0 Å². The molecule has 2 rings (SSSR count). The summed E-state index contributed by atoms with van der Waals surface area (Å²) in [6.07, 6.45) is 0. The molecule has 1 aromatic carbocycles. The summed E-state index contributed by atoms with van der Waals surface area (Å²) in [7, 11) is 0.463. The lowest BCUT2D eigenvalue weighted by Gasteiger charge is -2.32. The summed E-state index contributed by atoms with van der Waals surface area (Å²) in [6.45, 7) is 7.56. The molecule has 0 bridgehead atoms. The van der Waals surface area contributed by atoms with E-state index < -0.39 is 30.1 Å². The van der Waals surface area contributed by atoms with Gasteiger partial charge in [0.25, 0.3) is 0 Å². The van der Waals surface area contributed by atoms with Crippen molar-refractivity contribution in [3.63, 3.8) is 0 Å². The second-order valence-corrected chi connectivity index (χ2v) is 6.73. The van der Waals surface area contributed by atoms with Gasteiger partial charge in [-0.15, -0.1) is 0 Å². The van der Waals surface area contributed by atoms with Crippen LogP contribution in [-0.4, -0.2) is 31.4 Å². The van der Waals surface area contributed by atoms with Crippen molar-refractivity contribution in [1.82, 2.24) is 0 Å². The topological polar surface area (TPSA) is 44.8 Å². The Balaban J connectivity index is 2.23. The van der Waals surface area contributed by atoms with Crippen LogP contribution in [0.5, 0.6) is 0 Å². The van der Waals surface area contributed by atoms with Crippen LogP contribution in [0.15, 0.2) is 24.2 Å². The molecule has 1 fully saturated rings. The highest BCUT2D eigenvalue weighted by atomic mass is 35.5. The number of methoxy groups -OCH3 is 1. The molecule has 0 amide bonds. The highest BCUT2D eigenvalue weighted by Crippen LogP contribution is 2.37. The Morgan fingerprint density at radius 1 is 1.26 bits per heavy atom. The van der Waals surface area contributed by atoms with Crippen LogP contribution in [0.25, 0.3) is 5.83 Å². The molecule has 4 nitrogen and oxygen atoms in total. The van der Waals surface area contributed by atoms with E-state index in [9.17, 15) is 9.18 Å². The van der Waals surface area contributed by atoms with E-state index in [2.05, 4.69) is 4.74 Å². The van der Waals surface area contributed by atoms with Gasteiger partial charge in [0, 0.05) is 5.56 Å². The van der Waals surface area contributed by atoms with Crippen molar-refractivity contribution >= 4 is 30.5 Å². The Bertz CT molecular complexity index is 641. The average molecular weight is 341 g/mol. The lowest BCUT2D eigenvalue weighted by molar-refractivity contribution is 0.00578. The maximum absolute atomic E-state index is 14.4. The molecule has 124 valence electrons. The molecule has 0 aliphatic carbocycles. The van der Waals surface area contributed by atoms with Crippen LogP contribution in [0.4, 0.5) is 4.39 Å². The zero-order valence-electron chi connectivity index (χ0n) is 13.8. The van der Waals surface area contributed by atoms with Gasteiger partial charge in [0.1, 0.15) is 5.83 Å². The molecular weight excluding hydrogens is 321 g/mol. The molecule has 0 unspecified atom stereocenters. The first-order valence-corrected chi connectivity index (χ1v) is 7.56. The Labute approximate surface area is 140 Å². The molecule has 1 heterocycles. The first-order chi connectivity index (χ1) is 10.6. The van der Waals surface area contributed by atoms with E-state index in [0.29, 0.717) is 0 Å². The minimum absolute atomic E-state index is 0.117. The summed E-state index contributed by atoms with van der Waals surface area (Å²) >= 11 is 6.00. The molecule has 0 saturated carbocycles. The molecule has 7 heteroatoms. The average Bonchev–Trinajstić information content (AvgIpc) is 2.65. The van der Waals surface area contributed by atoms with Gasteiger partial charge in [-0.05, 0) is 45.8 Å². The summed E-state index contributed by atoms with van der Waals surface area (Å²) < 4.78 is 30.5. The SMILES string of the molecule is COC(=O)c1ccc(/C(F)=C/B2OC(C)(C)C(C)(C)O2)cc1Cl. The van der Waals surface area contributed by atoms with Crippen LogP contribution in [-0.2, 0) is 14.0 Å². The Morgan fingerprint density at radius 2 is 1.83 bits per heavy atom. The zero-order valence-corrected chi connectivity index (χ0v) is 14.5. The highest BCUT2D eigenvalue weighted by Gasteiger charge is 2.50. The molecule has 1 saturated heterocycles. The van der Waals surface area contributed by atoms with E-state index in [1.54, 1.807) is 0 Å². The molecule has 1 aliphatic rings. The van der Waals surface area contributed by atoms with Gasteiger partial charge >= 0.3 is 13.1 Å². The fourth-order valence-electron chi connectivity index (χ4n) is 2.11. The maximum Gasteiger partial charge on any atom is 0.490 e. The number of ether oxygens (including phenoxy) is 1. The number of carbonyl (C=O) groups is 1. The molecule has 0 radical (unpaired) electrons. The summed E-state index contributed by atoms with van der Waals surface area (Å²) in [5.41, 5.74) is -0.666. The number of halogens is 2. The van der Waals surface area contributed by atoms with E-state index in [1.807, 2.05) is 27.7 Å². The van der Waals surface area contributed by atoms with E-state index in [-0.39, 0.29) is 16.1 Å². The van der Waals surface area contributed by atoms with Crippen molar-refractivity contribution in [3.05, 3.63) is 40.3 Å². The number of carbonyl (C=O) groups excluding carboxylic acids is 1. The second kappa shape index (κ2) is 6.26. The van der Waals surface area contributed by atoms with Crippen LogP contribution in [0, 0.1) is 0 Å². The summed E-state index contributed by atoms with van der Waals surface area (Å²) in [5, 5.41) is 0.117. The van der Waals surface area contributed by atoms with Gasteiger partial charge in [-0.1, -0.05) is 17.7 Å². The largest absolute Gasteiger partial charge is 0.490 e. The molecule has 0 spiro atoms. The molecule has 1 aromatic rings. The molecule has 0 N–H and O–H groups in total. The van der Waals surface area contributed by atoms with Crippen molar-refractivity contribution in [3.8, 4) is 0 Å². The predicted octanol–water partition coefficient (Wildman–Crippen LogP) is 4.07. The monoisotopic (exact) mass is 340 g/mol. The minimum atomic E-state index is -0.793. The first-order valence-electron chi connectivity index (χ1n) is 7.18. The predicted molar refractivity (Wildman–Crippen MR) is 88.0 cm³/mol. The van der Waals surface area contributed by atoms with Crippen molar-refractivity contribution in [2.75, 3.05) is 7.11 Å². The van der Waals surface area contributed by atoms with E-state index in [1.165, 1.54) is 31.3 Å². The van der Waals surface area contributed by atoms with Gasteiger partial charge in [-0.25, -0.2) is 9.18 Å². The normalized spacial score (nSPS) is 19.8. The number of esters is 1. The van der Waals surface area contributed by atoms with Crippen molar-refractivity contribution in [1.29, 1.82) is 0 Å². The van der Waals surface area contributed by atoms with E-state index >= 15 is 0 Å². The summed E-state index contributed by atoms with van der Waals surface area (Å²) in [5.74, 6) is 0.138. The van der Waals surface area contributed by atoms with Gasteiger partial charge in [0.15, 0.2) is 0 Å². The fourth-order valence-corrected chi connectivity index (χ4v) is 2.37. The van der Waals surface area contributed by atoms with Gasteiger partial charge in [0.05, 0.1) is 28.9 Å². The third kappa shape index (κ3) is 3.60. The second-order valence-electron chi connectivity index (χ2n) is 6.33. The lowest BCUT2D eigenvalue weighted by atomic mass is 9.88. The molecule has 1 aliphatic heterocycles.